The first kappa shape index (κ1) is 12.3. The summed E-state index contributed by atoms with van der Waals surface area (Å²) in [5.41, 5.74) is 1.02. The first-order valence-corrected chi connectivity index (χ1v) is 6.63. The van der Waals surface area contributed by atoms with Gasteiger partial charge in [0.25, 0.3) is 0 Å². The zero-order chi connectivity index (χ0) is 13.2. The summed E-state index contributed by atoms with van der Waals surface area (Å²) in [6.07, 6.45) is 1.06. The number of benzene rings is 1. The number of amides is 1. The van der Waals surface area contributed by atoms with Crippen molar-refractivity contribution in [1.82, 2.24) is 10.6 Å². The lowest BCUT2D eigenvalue weighted by atomic mass is 10.0. The highest BCUT2D eigenvalue weighted by Crippen LogP contribution is 2.32. The number of ether oxygens (including phenoxy) is 2. The van der Waals surface area contributed by atoms with Gasteiger partial charge in [0.1, 0.15) is 0 Å². The summed E-state index contributed by atoms with van der Waals surface area (Å²) < 4.78 is 10.6. The Morgan fingerprint density at radius 3 is 3.05 bits per heavy atom. The van der Waals surface area contributed by atoms with Gasteiger partial charge in [-0.15, -0.1) is 0 Å². The molecule has 2 unspecified atom stereocenters. The third-order valence-corrected chi connectivity index (χ3v) is 3.72. The lowest BCUT2D eigenvalue weighted by Gasteiger charge is -2.15. The molecule has 0 bridgehead atoms. The van der Waals surface area contributed by atoms with Gasteiger partial charge in [0.15, 0.2) is 11.5 Å². The molecule has 2 N–H and O–H groups in total. The van der Waals surface area contributed by atoms with Crippen molar-refractivity contribution < 1.29 is 14.3 Å². The molecule has 1 saturated heterocycles. The van der Waals surface area contributed by atoms with Crippen LogP contribution in [-0.4, -0.2) is 25.3 Å². The molecule has 0 spiro atoms. The van der Waals surface area contributed by atoms with Crippen LogP contribution in [0.25, 0.3) is 0 Å². The highest BCUT2D eigenvalue weighted by molar-refractivity contribution is 5.82. The van der Waals surface area contributed by atoms with Crippen LogP contribution >= 0.6 is 0 Å². The quantitative estimate of drug-likeness (QED) is 0.854. The van der Waals surface area contributed by atoms with E-state index in [1.165, 1.54) is 0 Å². The molecule has 1 amide bonds. The molecule has 3 rings (SSSR count). The zero-order valence-electron chi connectivity index (χ0n) is 10.9. The maximum atomic E-state index is 12.0. The van der Waals surface area contributed by atoms with E-state index < -0.39 is 0 Å². The molecule has 2 heterocycles. The van der Waals surface area contributed by atoms with Crippen LogP contribution in [0.2, 0.25) is 0 Å². The van der Waals surface area contributed by atoms with E-state index in [2.05, 4.69) is 17.6 Å². The largest absolute Gasteiger partial charge is 0.454 e. The van der Waals surface area contributed by atoms with Crippen molar-refractivity contribution in [2.24, 2.45) is 5.92 Å². The van der Waals surface area contributed by atoms with E-state index in [1.54, 1.807) is 0 Å². The van der Waals surface area contributed by atoms with Crippen molar-refractivity contribution in [3.8, 4) is 11.5 Å². The summed E-state index contributed by atoms with van der Waals surface area (Å²) in [6, 6.07) is 5.67. The van der Waals surface area contributed by atoms with Crippen LogP contribution in [0.5, 0.6) is 11.5 Å². The van der Waals surface area contributed by atoms with Crippen molar-refractivity contribution in [2.45, 2.75) is 25.9 Å². The average Bonchev–Trinajstić information content (AvgIpc) is 3.03. The van der Waals surface area contributed by atoms with Gasteiger partial charge in [-0.1, -0.05) is 13.0 Å². The van der Waals surface area contributed by atoms with Crippen LogP contribution < -0.4 is 20.1 Å². The Hall–Kier alpha value is -1.75. The molecule has 0 aromatic heterocycles. The van der Waals surface area contributed by atoms with Gasteiger partial charge in [-0.05, 0) is 36.6 Å². The van der Waals surface area contributed by atoms with Crippen LogP contribution in [0.4, 0.5) is 0 Å². The van der Waals surface area contributed by atoms with Crippen molar-refractivity contribution >= 4 is 5.91 Å². The molecular formula is C14H18N2O3. The van der Waals surface area contributed by atoms with Gasteiger partial charge < -0.3 is 20.1 Å². The van der Waals surface area contributed by atoms with Gasteiger partial charge in [0, 0.05) is 6.54 Å². The number of hydrogen-bond donors (Lipinski definition) is 2. The van der Waals surface area contributed by atoms with E-state index >= 15 is 0 Å². The normalized spacial score (nSPS) is 24.5. The minimum absolute atomic E-state index is 0.0611. The van der Waals surface area contributed by atoms with Crippen LogP contribution in [0, 0.1) is 5.92 Å². The van der Waals surface area contributed by atoms with Crippen LogP contribution in [0.3, 0.4) is 0 Å². The fourth-order valence-electron chi connectivity index (χ4n) is 2.54. The van der Waals surface area contributed by atoms with Crippen molar-refractivity contribution in [3.63, 3.8) is 0 Å². The van der Waals surface area contributed by atoms with Gasteiger partial charge in [-0.3, -0.25) is 4.79 Å². The van der Waals surface area contributed by atoms with Gasteiger partial charge in [-0.2, -0.15) is 0 Å². The standard InChI is InChI=1S/C14H18N2O3/c1-9-4-5-15-13(9)14(17)16-7-10-2-3-11-12(6-10)19-8-18-11/h2-3,6,9,13,15H,4-5,7-8H2,1H3,(H,16,17). The lowest BCUT2D eigenvalue weighted by Crippen LogP contribution is -2.42. The molecule has 1 aromatic carbocycles. The summed E-state index contributed by atoms with van der Waals surface area (Å²) in [5.74, 6) is 1.99. The van der Waals surface area contributed by atoms with Crippen LogP contribution in [0.15, 0.2) is 18.2 Å². The monoisotopic (exact) mass is 262 g/mol. The van der Waals surface area contributed by atoms with Gasteiger partial charge in [0.2, 0.25) is 12.7 Å². The first-order chi connectivity index (χ1) is 9.24. The van der Waals surface area contributed by atoms with E-state index in [-0.39, 0.29) is 18.7 Å². The van der Waals surface area contributed by atoms with E-state index in [4.69, 9.17) is 9.47 Å². The molecule has 2 aliphatic rings. The lowest BCUT2D eigenvalue weighted by molar-refractivity contribution is -0.123. The van der Waals surface area contributed by atoms with E-state index in [0.717, 1.165) is 30.0 Å². The third-order valence-electron chi connectivity index (χ3n) is 3.72. The number of rotatable bonds is 3. The predicted octanol–water partition coefficient (Wildman–Crippen LogP) is 1.03. The second-order valence-electron chi connectivity index (χ2n) is 5.10. The number of nitrogens with one attached hydrogen (secondary N) is 2. The Balaban J connectivity index is 1.58. The fraction of sp³-hybridized carbons (Fsp3) is 0.500. The number of fused-ring (bicyclic) bond motifs is 1. The molecular weight excluding hydrogens is 244 g/mol. The van der Waals surface area contributed by atoms with Gasteiger partial charge >= 0.3 is 0 Å². The zero-order valence-corrected chi connectivity index (χ0v) is 10.9. The maximum Gasteiger partial charge on any atom is 0.237 e. The fourth-order valence-corrected chi connectivity index (χ4v) is 2.54. The average molecular weight is 262 g/mol. The number of carbonyl (C=O) groups is 1. The minimum Gasteiger partial charge on any atom is -0.454 e. The molecule has 0 saturated carbocycles. The highest BCUT2D eigenvalue weighted by Gasteiger charge is 2.28. The van der Waals surface area contributed by atoms with Gasteiger partial charge in [0.05, 0.1) is 6.04 Å². The molecule has 2 atom stereocenters. The summed E-state index contributed by atoms with van der Waals surface area (Å²) in [5, 5.41) is 6.19. The number of carbonyl (C=O) groups excluding carboxylic acids is 1. The molecule has 1 fully saturated rings. The van der Waals surface area contributed by atoms with Crippen molar-refractivity contribution in [1.29, 1.82) is 0 Å². The summed E-state index contributed by atoms with van der Waals surface area (Å²) in [7, 11) is 0. The summed E-state index contributed by atoms with van der Waals surface area (Å²) in [6.45, 7) is 3.81. The van der Waals surface area contributed by atoms with Gasteiger partial charge in [-0.25, -0.2) is 0 Å². The molecule has 1 aromatic rings. The Bertz CT molecular complexity index is 490. The van der Waals surface area contributed by atoms with Crippen LogP contribution in [-0.2, 0) is 11.3 Å². The van der Waals surface area contributed by atoms with E-state index in [1.807, 2.05) is 18.2 Å². The summed E-state index contributed by atoms with van der Waals surface area (Å²) >= 11 is 0. The smallest absolute Gasteiger partial charge is 0.237 e. The molecule has 5 heteroatoms. The summed E-state index contributed by atoms with van der Waals surface area (Å²) in [4.78, 5) is 12.0. The van der Waals surface area contributed by atoms with Crippen molar-refractivity contribution in [2.75, 3.05) is 13.3 Å². The van der Waals surface area contributed by atoms with Crippen molar-refractivity contribution in [3.05, 3.63) is 23.8 Å². The first-order valence-electron chi connectivity index (χ1n) is 6.63. The Morgan fingerprint density at radius 1 is 1.42 bits per heavy atom. The highest BCUT2D eigenvalue weighted by atomic mass is 16.7. The molecule has 19 heavy (non-hydrogen) atoms. The second-order valence-corrected chi connectivity index (χ2v) is 5.10. The molecule has 2 aliphatic heterocycles. The minimum atomic E-state index is -0.0611. The third kappa shape index (κ3) is 2.51. The van der Waals surface area contributed by atoms with E-state index in [0.29, 0.717) is 12.5 Å². The SMILES string of the molecule is CC1CCNC1C(=O)NCc1ccc2c(c1)OCO2. The molecule has 102 valence electrons. The maximum absolute atomic E-state index is 12.0. The number of hydrogen-bond acceptors (Lipinski definition) is 4. The Kier molecular flexibility index (Phi) is 3.29. The second kappa shape index (κ2) is 5.09. The Labute approximate surface area is 112 Å². The topological polar surface area (TPSA) is 59.6 Å². The Morgan fingerprint density at radius 2 is 2.26 bits per heavy atom. The van der Waals surface area contributed by atoms with Crippen LogP contribution in [0.1, 0.15) is 18.9 Å². The molecule has 0 aliphatic carbocycles. The molecule has 0 radical (unpaired) electrons. The predicted molar refractivity (Wildman–Crippen MR) is 70.0 cm³/mol. The molecule has 5 nitrogen and oxygen atoms in total. The van der Waals surface area contributed by atoms with E-state index in [9.17, 15) is 4.79 Å².